The van der Waals surface area contributed by atoms with Gasteiger partial charge >= 0.3 is 0 Å². The van der Waals surface area contributed by atoms with Gasteiger partial charge < -0.3 is 9.80 Å². The number of nitrogens with zero attached hydrogens (tertiary/aromatic N) is 3. The molecule has 2 aromatic carbocycles. The second-order valence-electron chi connectivity index (χ2n) is 7.64. The molecule has 6 nitrogen and oxygen atoms in total. The molecule has 1 unspecified atom stereocenters. The van der Waals surface area contributed by atoms with Crippen molar-refractivity contribution in [2.24, 2.45) is 0 Å². The number of hydrogen-bond acceptors (Lipinski definition) is 3. The van der Waals surface area contributed by atoms with Crippen LogP contribution in [0.5, 0.6) is 0 Å². The second kappa shape index (κ2) is 7.35. The van der Waals surface area contributed by atoms with E-state index in [0.717, 1.165) is 5.69 Å². The van der Waals surface area contributed by atoms with Crippen LogP contribution >= 0.6 is 0 Å². The molecule has 6 heteroatoms. The van der Waals surface area contributed by atoms with Crippen molar-refractivity contribution in [2.45, 2.75) is 38.8 Å². The van der Waals surface area contributed by atoms with Crippen LogP contribution in [0.15, 0.2) is 54.6 Å². The molecule has 2 aliphatic rings. The Morgan fingerprint density at radius 2 is 1.76 bits per heavy atom. The molecule has 0 radical (unpaired) electrons. The number of rotatable bonds is 5. The number of carbonyl (C=O) groups excluding carboxylic acids is 3. The summed E-state index contributed by atoms with van der Waals surface area (Å²) < 4.78 is 0. The Morgan fingerprint density at radius 1 is 1.07 bits per heavy atom. The lowest BCUT2D eigenvalue weighted by Gasteiger charge is -2.48. The van der Waals surface area contributed by atoms with Crippen LogP contribution in [0.3, 0.4) is 0 Å². The Bertz CT molecular complexity index is 959. The van der Waals surface area contributed by atoms with E-state index >= 15 is 0 Å². The second-order valence-corrected chi connectivity index (χ2v) is 7.64. The lowest BCUT2D eigenvalue weighted by molar-refractivity contribution is -0.119. The van der Waals surface area contributed by atoms with Gasteiger partial charge in [0.15, 0.2) is 0 Å². The largest absolute Gasteiger partial charge is 0.315 e. The van der Waals surface area contributed by atoms with Gasteiger partial charge in [0.1, 0.15) is 5.66 Å². The molecule has 2 aromatic rings. The van der Waals surface area contributed by atoms with Crippen molar-refractivity contribution in [1.29, 1.82) is 0 Å². The summed E-state index contributed by atoms with van der Waals surface area (Å²) in [5, 5.41) is 0. The maximum Gasteiger partial charge on any atom is 0.257 e. The Labute approximate surface area is 170 Å². The maximum absolute atomic E-state index is 13.3. The first-order valence-electron chi connectivity index (χ1n) is 10.1. The SMILES string of the molecule is CCN(C(=O)CCN1C(=O)c2ccccc2N2C(=O)CCC12C)c1ccccc1. The van der Waals surface area contributed by atoms with Crippen molar-refractivity contribution in [3.05, 3.63) is 60.2 Å². The molecule has 0 bridgehead atoms. The predicted molar refractivity (Wildman–Crippen MR) is 112 cm³/mol. The van der Waals surface area contributed by atoms with Crippen LogP contribution in [0.1, 0.15) is 43.5 Å². The molecule has 0 aliphatic carbocycles. The van der Waals surface area contributed by atoms with Crippen LogP contribution in [0.4, 0.5) is 11.4 Å². The van der Waals surface area contributed by atoms with Gasteiger partial charge in [0.25, 0.3) is 5.91 Å². The minimum absolute atomic E-state index is 0.0169. The molecule has 150 valence electrons. The molecule has 29 heavy (non-hydrogen) atoms. The molecular formula is C23H25N3O3. The van der Waals surface area contributed by atoms with E-state index in [1.807, 2.05) is 56.3 Å². The summed E-state index contributed by atoms with van der Waals surface area (Å²) in [4.78, 5) is 44.0. The average Bonchev–Trinajstić information content (AvgIpc) is 3.04. The van der Waals surface area contributed by atoms with Crippen molar-refractivity contribution >= 4 is 29.1 Å². The number of hydrogen-bond donors (Lipinski definition) is 0. The lowest BCUT2D eigenvalue weighted by atomic mass is 9.98. The van der Waals surface area contributed by atoms with E-state index in [2.05, 4.69) is 0 Å². The summed E-state index contributed by atoms with van der Waals surface area (Å²) in [5.41, 5.74) is 1.30. The van der Waals surface area contributed by atoms with Gasteiger partial charge in [-0.3, -0.25) is 19.3 Å². The highest BCUT2D eigenvalue weighted by Gasteiger charge is 2.52. The van der Waals surface area contributed by atoms with E-state index < -0.39 is 5.66 Å². The summed E-state index contributed by atoms with van der Waals surface area (Å²) in [6, 6.07) is 16.8. The van der Waals surface area contributed by atoms with Crippen LogP contribution in [0.2, 0.25) is 0 Å². The average molecular weight is 391 g/mol. The summed E-state index contributed by atoms with van der Waals surface area (Å²) in [6.45, 7) is 4.69. The molecule has 2 heterocycles. The zero-order valence-corrected chi connectivity index (χ0v) is 16.8. The van der Waals surface area contributed by atoms with Gasteiger partial charge in [0.2, 0.25) is 11.8 Å². The summed E-state index contributed by atoms with van der Waals surface area (Å²) >= 11 is 0. The number of fused-ring (bicyclic) bond motifs is 3. The topological polar surface area (TPSA) is 60.9 Å². The molecule has 2 aliphatic heterocycles. The molecular weight excluding hydrogens is 366 g/mol. The van der Waals surface area contributed by atoms with E-state index in [0.29, 0.717) is 30.6 Å². The van der Waals surface area contributed by atoms with Crippen LogP contribution < -0.4 is 9.80 Å². The molecule has 0 aromatic heterocycles. The first-order chi connectivity index (χ1) is 14.0. The first-order valence-corrected chi connectivity index (χ1v) is 10.1. The Balaban J connectivity index is 1.59. The van der Waals surface area contributed by atoms with Gasteiger partial charge in [0.05, 0.1) is 11.3 Å². The van der Waals surface area contributed by atoms with Gasteiger partial charge in [-0.25, -0.2) is 0 Å². The highest BCUT2D eigenvalue weighted by atomic mass is 16.2. The molecule has 0 N–H and O–H groups in total. The fraction of sp³-hybridized carbons (Fsp3) is 0.348. The molecule has 1 saturated heterocycles. The number of benzene rings is 2. The predicted octanol–water partition coefficient (Wildman–Crippen LogP) is 3.43. The smallest absolute Gasteiger partial charge is 0.257 e. The summed E-state index contributed by atoms with van der Waals surface area (Å²) in [5.74, 6) is -0.141. The third-order valence-corrected chi connectivity index (χ3v) is 5.98. The quantitative estimate of drug-likeness (QED) is 0.785. The van der Waals surface area contributed by atoms with E-state index in [1.54, 1.807) is 26.8 Å². The van der Waals surface area contributed by atoms with Gasteiger partial charge in [-0.2, -0.15) is 0 Å². The Kier molecular flexibility index (Phi) is 4.86. The van der Waals surface area contributed by atoms with Crippen LogP contribution in [0, 0.1) is 0 Å². The number of para-hydroxylation sites is 2. The fourth-order valence-electron chi connectivity index (χ4n) is 4.49. The van der Waals surface area contributed by atoms with Gasteiger partial charge in [-0.1, -0.05) is 30.3 Å². The van der Waals surface area contributed by atoms with Crippen molar-refractivity contribution in [1.82, 2.24) is 4.90 Å². The summed E-state index contributed by atoms with van der Waals surface area (Å²) in [7, 11) is 0. The van der Waals surface area contributed by atoms with Crippen LogP contribution in [-0.2, 0) is 9.59 Å². The van der Waals surface area contributed by atoms with Crippen LogP contribution in [0.25, 0.3) is 0 Å². The van der Waals surface area contributed by atoms with Crippen LogP contribution in [-0.4, -0.2) is 41.4 Å². The molecule has 0 spiro atoms. The molecule has 4 rings (SSSR count). The first kappa shape index (κ1) is 19.2. The molecule has 1 atom stereocenters. The van der Waals surface area contributed by atoms with E-state index in [9.17, 15) is 14.4 Å². The lowest BCUT2D eigenvalue weighted by Crippen LogP contribution is -2.62. The minimum atomic E-state index is -0.730. The van der Waals surface area contributed by atoms with E-state index in [4.69, 9.17) is 0 Å². The third-order valence-electron chi connectivity index (χ3n) is 5.98. The monoisotopic (exact) mass is 391 g/mol. The number of amides is 3. The van der Waals surface area contributed by atoms with Gasteiger partial charge in [0, 0.05) is 31.6 Å². The van der Waals surface area contributed by atoms with Crippen molar-refractivity contribution in [3.63, 3.8) is 0 Å². The van der Waals surface area contributed by atoms with E-state index in [-0.39, 0.29) is 30.7 Å². The van der Waals surface area contributed by atoms with Crippen molar-refractivity contribution in [2.75, 3.05) is 22.9 Å². The van der Waals surface area contributed by atoms with E-state index in [1.165, 1.54) is 0 Å². The fourth-order valence-corrected chi connectivity index (χ4v) is 4.49. The number of carbonyl (C=O) groups is 3. The van der Waals surface area contributed by atoms with Crippen molar-refractivity contribution in [3.8, 4) is 0 Å². The highest BCUT2D eigenvalue weighted by Crippen LogP contribution is 2.44. The molecule has 3 amide bonds. The van der Waals surface area contributed by atoms with Crippen molar-refractivity contribution < 1.29 is 14.4 Å². The Hall–Kier alpha value is -3.15. The zero-order chi connectivity index (χ0) is 20.6. The Morgan fingerprint density at radius 3 is 2.48 bits per heavy atom. The highest BCUT2D eigenvalue weighted by molar-refractivity contribution is 6.10. The normalized spacial score (nSPS) is 20.5. The third kappa shape index (κ3) is 3.09. The molecule has 0 saturated carbocycles. The van der Waals surface area contributed by atoms with Gasteiger partial charge in [-0.15, -0.1) is 0 Å². The standard InChI is InChI=1S/C23H25N3O3/c1-3-24(17-9-5-4-6-10-17)20(27)14-16-25-22(29)18-11-7-8-12-19(18)26-21(28)13-15-23(25,26)2/h4-12H,3,13-16H2,1-2H3. The maximum atomic E-state index is 13.3. The molecule has 1 fully saturated rings. The minimum Gasteiger partial charge on any atom is -0.315 e. The van der Waals surface area contributed by atoms with Gasteiger partial charge in [-0.05, 0) is 44.5 Å². The summed E-state index contributed by atoms with van der Waals surface area (Å²) in [6.07, 6.45) is 1.16. The number of anilines is 2. The zero-order valence-electron chi connectivity index (χ0n) is 16.8.